The number of halogens is 1. The van der Waals surface area contributed by atoms with E-state index >= 15 is 0 Å². The van der Waals surface area contributed by atoms with Crippen molar-refractivity contribution in [3.8, 4) is 23.7 Å². The minimum atomic E-state index is 0.634. The number of benzene rings is 2. The lowest BCUT2D eigenvalue weighted by molar-refractivity contribution is 0.413. The molecule has 0 aromatic heterocycles. The van der Waals surface area contributed by atoms with Gasteiger partial charge in [-0.25, -0.2) is 0 Å². The van der Waals surface area contributed by atoms with E-state index in [9.17, 15) is 0 Å². The van der Waals surface area contributed by atoms with Gasteiger partial charge in [-0.3, -0.25) is 0 Å². The first-order chi connectivity index (χ1) is 9.76. The molecule has 0 spiro atoms. The van der Waals surface area contributed by atoms with Crippen LogP contribution in [0.3, 0.4) is 0 Å². The lowest BCUT2D eigenvalue weighted by atomic mass is 10.1. The summed E-state index contributed by atoms with van der Waals surface area (Å²) in [6.45, 7) is 0. The van der Waals surface area contributed by atoms with Crippen molar-refractivity contribution >= 4 is 15.9 Å². The third kappa shape index (κ3) is 3.41. The molecule has 0 aliphatic rings. The van der Waals surface area contributed by atoms with Crippen LogP contribution >= 0.6 is 15.9 Å². The minimum Gasteiger partial charge on any atom is -0.495 e. The van der Waals surface area contributed by atoms with E-state index in [1.165, 1.54) is 0 Å². The van der Waals surface area contributed by atoms with Crippen molar-refractivity contribution < 1.29 is 4.74 Å². The molecule has 0 heterocycles. The van der Waals surface area contributed by atoms with Gasteiger partial charge in [0, 0.05) is 10.9 Å². The van der Waals surface area contributed by atoms with Crippen molar-refractivity contribution in [2.45, 2.75) is 5.33 Å². The van der Waals surface area contributed by atoms with Gasteiger partial charge < -0.3 is 4.74 Å². The van der Waals surface area contributed by atoms with Gasteiger partial charge in [0.25, 0.3) is 0 Å². The molecule has 0 radical (unpaired) electrons. The van der Waals surface area contributed by atoms with Gasteiger partial charge in [-0.15, -0.1) is 0 Å². The zero-order valence-electron chi connectivity index (χ0n) is 11.0. The monoisotopic (exact) mass is 325 g/mol. The molecule has 98 valence electrons. The van der Waals surface area contributed by atoms with Crippen LogP contribution in [0.15, 0.2) is 42.5 Å². The third-order valence-corrected chi connectivity index (χ3v) is 3.42. The third-order valence-electron chi connectivity index (χ3n) is 2.78. The number of rotatable bonds is 2. The molecule has 0 fully saturated rings. The van der Waals surface area contributed by atoms with Crippen LogP contribution in [0, 0.1) is 23.2 Å². The lowest BCUT2D eigenvalue weighted by Crippen LogP contribution is -1.89. The first-order valence-corrected chi connectivity index (χ1v) is 7.14. The van der Waals surface area contributed by atoms with Crippen LogP contribution in [0.2, 0.25) is 0 Å². The maximum absolute atomic E-state index is 8.75. The molecule has 0 bridgehead atoms. The van der Waals surface area contributed by atoms with Crippen LogP contribution in [0.25, 0.3) is 0 Å². The standard InChI is InChI=1S/C17H12BrNO/c1-20-17-10-15(11-18)7-9-16(17)8-6-13-2-4-14(12-19)5-3-13/h2-5,7,9-10H,11H2,1H3. The smallest absolute Gasteiger partial charge is 0.134 e. The second-order valence-electron chi connectivity index (χ2n) is 4.11. The largest absolute Gasteiger partial charge is 0.495 e. The molecule has 2 aromatic carbocycles. The van der Waals surface area contributed by atoms with Gasteiger partial charge in [-0.1, -0.05) is 33.8 Å². The number of nitriles is 1. The van der Waals surface area contributed by atoms with E-state index in [1.807, 2.05) is 30.3 Å². The zero-order chi connectivity index (χ0) is 14.4. The van der Waals surface area contributed by atoms with E-state index in [0.29, 0.717) is 5.56 Å². The molecule has 0 saturated heterocycles. The van der Waals surface area contributed by atoms with E-state index in [4.69, 9.17) is 10.00 Å². The molecule has 0 amide bonds. The van der Waals surface area contributed by atoms with Gasteiger partial charge in [-0.2, -0.15) is 5.26 Å². The zero-order valence-corrected chi connectivity index (χ0v) is 12.6. The Bertz CT molecular complexity index is 702. The van der Waals surface area contributed by atoms with Crippen molar-refractivity contribution in [2.75, 3.05) is 7.11 Å². The summed E-state index contributed by atoms with van der Waals surface area (Å²) in [6.07, 6.45) is 0. The van der Waals surface area contributed by atoms with Crippen molar-refractivity contribution in [3.05, 3.63) is 64.7 Å². The van der Waals surface area contributed by atoms with Crippen molar-refractivity contribution in [1.82, 2.24) is 0 Å². The quantitative estimate of drug-likeness (QED) is 0.620. The van der Waals surface area contributed by atoms with Gasteiger partial charge in [-0.05, 0) is 42.0 Å². The summed E-state index contributed by atoms with van der Waals surface area (Å²) in [7, 11) is 1.64. The number of alkyl halides is 1. The normalized spacial score (nSPS) is 9.25. The highest BCUT2D eigenvalue weighted by atomic mass is 79.9. The maximum Gasteiger partial charge on any atom is 0.134 e. The maximum atomic E-state index is 8.75. The molecule has 0 N–H and O–H groups in total. The predicted molar refractivity (Wildman–Crippen MR) is 82.8 cm³/mol. The Morgan fingerprint density at radius 1 is 1.05 bits per heavy atom. The van der Waals surface area contributed by atoms with Gasteiger partial charge in [0.05, 0.1) is 24.3 Å². The number of hydrogen-bond acceptors (Lipinski definition) is 2. The van der Waals surface area contributed by atoms with Crippen LogP contribution in [-0.2, 0) is 5.33 Å². The molecule has 0 saturated carbocycles. The lowest BCUT2D eigenvalue weighted by Gasteiger charge is -2.04. The van der Waals surface area contributed by atoms with Gasteiger partial charge >= 0.3 is 0 Å². The summed E-state index contributed by atoms with van der Waals surface area (Å²) in [5.74, 6) is 6.94. The summed E-state index contributed by atoms with van der Waals surface area (Å²) in [6, 6.07) is 15.2. The number of ether oxygens (including phenoxy) is 1. The molecule has 0 aliphatic carbocycles. The van der Waals surface area contributed by atoms with Crippen LogP contribution in [0.1, 0.15) is 22.3 Å². The highest BCUT2D eigenvalue weighted by Crippen LogP contribution is 2.20. The molecule has 2 nitrogen and oxygen atoms in total. The van der Waals surface area contributed by atoms with E-state index < -0.39 is 0 Å². The molecule has 2 aromatic rings. The Morgan fingerprint density at radius 3 is 2.35 bits per heavy atom. The molecule has 20 heavy (non-hydrogen) atoms. The molecule has 2 rings (SSSR count). The SMILES string of the molecule is COc1cc(CBr)ccc1C#Cc1ccc(C#N)cc1. The average Bonchev–Trinajstić information content (AvgIpc) is 2.53. The number of methoxy groups -OCH3 is 1. The first kappa shape index (κ1) is 14.2. The van der Waals surface area contributed by atoms with Gasteiger partial charge in [0.15, 0.2) is 0 Å². The number of nitrogens with zero attached hydrogens (tertiary/aromatic N) is 1. The predicted octanol–water partition coefficient (Wildman–Crippen LogP) is 3.86. The summed E-state index contributed by atoms with van der Waals surface area (Å²) < 4.78 is 5.35. The Kier molecular flexibility index (Phi) is 4.82. The van der Waals surface area contributed by atoms with Crippen molar-refractivity contribution in [1.29, 1.82) is 5.26 Å². The topological polar surface area (TPSA) is 33.0 Å². The summed E-state index contributed by atoms with van der Waals surface area (Å²) in [5.41, 5.74) is 3.50. The Balaban J connectivity index is 2.30. The molecular weight excluding hydrogens is 314 g/mol. The highest BCUT2D eigenvalue weighted by molar-refractivity contribution is 9.08. The summed E-state index contributed by atoms with van der Waals surface area (Å²) in [5, 5.41) is 9.53. The molecular formula is C17H12BrNO. The average molecular weight is 326 g/mol. The molecule has 0 unspecified atom stereocenters. The van der Waals surface area contributed by atoms with E-state index in [1.54, 1.807) is 19.2 Å². The van der Waals surface area contributed by atoms with Crippen LogP contribution in [-0.4, -0.2) is 7.11 Å². The Morgan fingerprint density at radius 2 is 1.75 bits per heavy atom. The molecule has 0 aliphatic heterocycles. The molecule has 3 heteroatoms. The fourth-order valence-electron chi connectivity index (χ4n) is 1.69. The van der Waals surface area contributed by atoms with E-state index in [0.717, 1.165) is 27.8 Å². The minimum absolute atomic E-state index is 0.634. The van der Waals surface area contributed by atoms with Crippen LogP contribution < -0.4 is 4.74 Å². The summed E-state index contributed by atoms with van der Waals surface area (Å²) in [4.78, 5) is 0. The summed E-state index contributed by atoms with van der Waals surface area (Å²) >= 11 is 3.42. The second-order valence-corrected chi connectivity index (χ2v) is 4.67. The first-order valence-electron chi connectivity index (χ1n) is 6.02. The van der Waals surface area contributed by atoms with E-state index in [2.05, 4.69) is 33.8 Å². The fourth-order valence-corrected chi connectivity index (χ4v) is 2.04. The van der Waals surface area contributed by atoms with Crippen LogP contribution in [0.5, 0.6) is 5.75 Å². The Labute approximate surface area is 127 Å². The van der Waals surface area contributed by atoms with Gasteiger partial charge in [0.1, 0.15) is 5.75 Å². The fraction of sp³-hybridized carbons (Fsp3) is 0.118. The number of hydrogen-bond donors (Lipinski definition) is 0. The highest BCUT2D eigenvalue weighted by Gasteiger charge is 2.01. The van der Waals surface area contributed by atoms with Crippen molar-refractivity contribution in [2.24, 2.45) is 0 Å². The second kappa shape index (κ2) is 6.80. The van der Waals surface area contributed by atoms with Gasteiger partial charge in [0.2, 0.25) is 0 Å². The Hall–Kier alpha value is -2.23. The van der Waals surface area contributed by atoms with E-state index in [-0.39, 0.29) is 0 Å². The van der Waals surface area contributed by atoms with Crippen molar-refractivity contribution in [3.63, 3.8) is 0 Å². The van der Waals surface area contributed by atoms with Crippen LogP contribution in [0.4, 0.5) is 0 Å². The molecule has 0 atom stereocenters.